The number of aliphatic hydroxyl groups excluding tert-OH is 1. The number of hydrogen-bond donors (Lipinski definition) is 2. The molecule has 1 spiro atoms. The normalized spacial score (nSPS) is 30.4. The molecule has 3 heterocycles. The van der Waals surface area contributed by atoms with E-state index in [1.165, 1.54) is 0 Å². The molecule has 2 bridgehead atoms. The lowest BCUT2D eigenvalue weighted by atomic mass is 9.71. The third-order valence-corrected chi connectivity index (χ3v) is 8.96. The molecule has 172 valence electrons. The zero-order valence-electron chi connectivity index (χ0n) is 18.1. The first-order valence-corrected chi connectivity index (χ1v) is 12.1. The maximum absolute atomic E-state index is 14.0. The van der Waals surface area contributed by atoms with E-state index >= 15 is 0 Å². The van der Waals surface area contributed by atoms with Crippen LogP contribution in [0, 0.1) is 11.8 Å². The van der Waals surface area contributed by atoms with Crippen LogP contribution in [0.2, 0.25) is 0 Å². The first kappa shape index (κ1) is 22.9. The highest BCUT2D eigenvalue weighted by Gasteiger charge is 2.73. The largest absolute Gasteiger partial charge is 0.481 e. The van der Waals surface area contributed by atoms with E-state index in [4.69, 9.17) is 0 Å². The molecule has 0 radical (unpaired) electrons. The topological polar surface area (TPSA) is 98.2 Å². The van der Waals surface area contributed by atoms with Crippen molar-refractivity contribution in [1.29, 1.82) is 0 Å². The van der Waals surface area contributed by atoms with Crippen LogP contribution >= 0.6 is 11.8 Å². The van der Waals surface area contributed by atoms with Gasteiger partial charge >= 0.3 is 5.97 Å². The Balaban J connectivity index is 1.69. The van der Waals surface area contributed by atoms with Crippen molar-refractivity contribution < 1.29 is 24.6 Å². The molecule has 3 aliphatic rings. The van der Waals surface area contributed by atoms with Crippen LogP contribution in [0.5, 0.6) is 0 Å². The number of thioether (sulfide) groups is 1. The van der Waals surface area contributed by atoms with Gasteiger partial charge in [0.15, 0.2) is 0 Å². The summed E-state index contributed by atoms with van der Waals surface area (Å²) >= 11 is 1.54. The lowest BCUT2D eigenvalue weighted by Gasteiger charge is -2.37. The van der Waals surface area contributed by atoms with Gasteiger partial charge in [0.05, 0.1) is 16.6 Å². The number of rotatable bonds is 10. The van der Waals surface area contributed by atoms with Gasteiger partial charge in [0.25, 0.3) is 0 Å². The highest BCUT2D eigenvalue weighted by Crippen LogP contribution is 2.66. The number of hydrogen-bond acceptors (Lipinski definition) is 5. The fourth-order valence-electron chi connectivity index (χ4n) is 5.71. The zero-order valence-corrected chi connectivity index (χ0v) is 18.9. The fraction of sp³-hybridized carbons (Fsp3) is 0.542. The number of benzene rings is 1. The van der Waals surface area contributed by atoms with E-state index < -0.39 is 28.6 Å². The summed E-state index contributed by atoms with van der Waals surface area (Å²) in [5.74, 6) is -2.73. The van der Waals surface area contributed by atoms with Crippen molar-refractivity contribution in [3.8, 4) is 0 Å². The smallest absolute Gasteiger partial charge is 0.308 e. The van der Waals surface area contributed by atoms with Gasteiger partial charge in [0, 0.05) is 31.5 Å². The molecule has 0 aromatic heterocycles. The van der Waals surface area contributed by atoms with Gasteiger partial charge in [-0.15, -0.1) is 18.3 Å². The SMILES string of the molecule is C=CCN(Cc1ccccc1)C(=O)C1N(CCCCO)C(=O)[C@@H]2[C@H](C(=O)O)[C@@H]3CCC12S3. The van der Waals surface area contributed by atoms with Crippen molar-refractivity contribution in [2.24, 2.45) is 11.8 Å². The number of carbonyl (C=O) groups is 3. The van der Waals surface area contributed by atoms with Crippen molar-refractivity contribution in [1.82, 2.24) is 9.80 Å². The third-order valence-electron chi connectivity index (χ3n) is 7.00. The Hall–Kier alpha value is -2.32. The Morgan fingerprint density at radius 1 is 1.28 bits per heavy atom. The minimum Gasteiger partial charge on any atom is -0.481 e. The summed E-state index contributed by atoms with van der Waals surface area (Å²) in [5, 5.41) is 19.0. The molecule has 3 fully saturated rings. The Morgan fingerprint density at radius 3 is 2.69 bits per heavy atom. The highest BCUT2D eigenvalue weighted by atomic mass is 32.2. The van der Waals surface area contributed by atoms with Crippen LogP contribution in [-0.4, -0.2) is 73.5 Å². The number of nitrogens with zero attached hydrogens (tertiary/aromatic N) is 2. The number of unbranched alkanes of at least 4 members (excludes halogenated alkanes) is 1. The standard InChI is InChI=1S/C24H30N2O5S/c1-2-12-25(15-16-8-4-3-5-9-16)22(29)20-24-11-10-17(32-24)18(23(30)31)19(24)21(28)26(20)13-6-7-14-27/h2-5,8-9,17-20,27H,1,6-7,10-15H2,(H,30,31)/t17-,18+,19-,20?,24?/m0/s1. The first-order valence-electron chi connectivity index (χ1n) is 11.2. The van der Waals surface area contributed by atoms with E-state index in [1.807, 2.05) is 30.3 Å². The predicted octanol–water partition coefficient (Wildman–Crippen LogP) is 2.15. The van der Waals surface area contributed by atoms with Gasteiger partial charge in [-0.25, -0.2) is 0 Å². The second-order valence-electron chi connectivity index (χ2n) is 8.85. The number of fused-ring (bicyclic) bond motifs is 1. The van der Waals surface area contributed by atoms with E-state index in [9.17, 15) is 24.6 Å². The molecule has 8 heteroatoms. The lowest BCUT2D eigenvalue weighted by molar-refractivity contribution is -0.148. The van der Waals surface area contributed by atoms with Crippen molar-refractivity contribution in [2.45, 2.75) is 48.3 Å². The van der Waals surface area contributed by atoms with Gasteiger partial charge in [0.1, 0.15) is 6.04 Å². The van der Waals surface area contributed by atoms with Crippen LogP contribution in [0.4, 0.5) is 0 Å². The molecule has 2 N–H and O–H groups in total. The van der Waals surface area contributed by atoms with Crippen LogP contribution in [-0.2, 0) is 20.9 Å². The lowest BCUT2D eigenvalue weighted by Crippen LogP contribution is -2.54. The summed E-state index contributed by atoms with van der Waals surface area (Å²) in [5.41, 5.74) is 0.986. The van der Waals surface area contributed by atoms with E-state index in [1.54, 1.807) is 27.6 Å². The maximum Gasteiger partial charge on any atom is 0.308 e. The Labute approximate surface area is 192 Å². The number of carboxylic acids is 1. The third kappa shape index (κ3) is 3.73. The minimum absolute atomic E-state index is 0.0143. The Kier molecular flexibility index (Phi) is 6.62. The summed E-state index contributed by atoms with van der Waals surface area (Å²) in [6, 6.07) is 8.99. The van der Waals surface area contributed by atoms with Gasteiger partial charge in [-0.3, -0.25) is 14.4 Å². The predicted molar refractivity (Wildman–Crippen MR) is 122 cm³/mol. The van der Waals surface area contributed by atoms with E-state index in [-0.39, 0.29) is 23.7 Å². The molecule has 2 amide bonds. The van der Waals surface area contributed by atoms with Gasteiger partial charge in [-0.05, 0) is 31.2 Å². The molecular formula is C24H30N2O5S. The number of carbonyl (C=O) groups excluding carboxylic acids is 2. The van der Waals surface area contributed by atoms with Crippen molar-refractivity contribution in [3.05, 3.63) is 48.6 Å². The molecule has 2 unspecified atom stereocenters. The summed E-state index contributed by atoms with van der Waals surface area (Å²) in [4.78, 5) is 42.9. The van der Waals surface area contributed by atoms with E-state index in [0.29, 0.717) is 45.3 Å². The summed E-state index contributed by atoms with van der Waals surface area (Å²) in [7, 11) is 0. The molecule has 4 rings (SSSR count). The Bertz CT molecular complexity index is 894. The molecule has 32 heavy (non-hydrogen) atoms. The fourth-order valence-corrected chi connectivity index (χ4v) is 7.92. The van der Waals surface area contributed by atoms with Crippen molar-refractivity contribution in [2.75, 3.05) is 19.7 Å². The van der Waals surface area contributed by atoms with Crippen molar-refractivity contribution in [3.63, 3.8) is 0 Å². The number of carboxylic acid groups (broad SMARTS) is 1. The number of aliphatic hydroxyl groups is 1. The number of amides is 2. The first-order chi connectivity index (χ1) is 15.4. The summed E-state index contributed by atoms with van der Waals surface area (Å²) in [6.07, 6.45) is 4.16. The molecule has 1 aromatic rings. The van der Waals surface area contributed by atoms with Crippen LogP contribution in [0.15, 0.2) is 43.0 Å². The molecule has 1 aromatic carbocycles. The maximum atomic E-state index is 14.0. The van der Waals surface area contributed by atoms with Crippen LogP contribution in [0.25, 0.3) is 0 Å². The molecule has 3 saturated heterocycles. The molecule has 0 aliphatic carbocycles. The quantitative estimate of drug-likeness (QED) is 0.412. The monoisotopic (exact) mass is 458 g/mol. The zero-order chi connectivity index (χ0) is 22.9. The van der Waals surface area contributed by atoms with Gasteiger partial charge in [0.2, 0.25) is 11.8 Å². The molecule has 7 nitrogen and oxygen atoms in total. The molecule has 0 saturated carbocycles. The number of aliphatic carboxylic acids is 1. The molecule has 5 atom stereocenters. The molecule has 3 aliphatic heterocycles. The van der Waals surface area contributed by atoms with Gasteiger partial charge < -0.3 is 20.0 Å². The highest BCUT2D eigenvalue weighted by molar-refractivity contribution is 8.02. The second-order valence-corrected chi connectivity index (χ2v) is 10.5. The van der Waals surface area contributed by atoms with E-state index in [2.05, 4.69) is 6.58 Å². The second kappa shape index (κ2) is 9.27. The Morgan fingerprint density at radius 2 is 2.03 bits per heavy atom. The van der Waals surface area contributed by atoms with Crippen LogP contribution in [0.1, 0.15) is 31.2 Å². The van der Waals surface area contributed by atoms with Crippen LogP contribution in [0.3, 0.4) is 0 Å². The summed E-state index contributed by atoms with van der Waals surface area (Å²) < 4.78 is -0.697. The summed E-state index contributed by atoms with van der Waals surface area (Å²) in [6.45, 7) is 4.92. The van der Waals surface area contributed by atoms with E-state index in [0.717, 1.165) is 5.56 Å². The molecular weight excluding hydrogens is 428 g/mol. The minimum atomic E-state index is -0.946. The van der Waals surface area contributed by atoms with Gasteiger partial charge in [-0.1, -0.05) is 36.4 Å². The van der Waals surface area contributed by atoms with Crippen molar-refractivity contribution >= 4 is 29.5 Å². The van der Waals surface area contributed by atoms with Gasteiger partial charge in [-0.2, -0.15) is 0 Å². The average Bonchev–Trinajstić information content (AvgIpc) is 3.42. The van der Waals surface area contributed by atoms with Crippen LogP contribution < -0.4 is 0 Å². The number of likely N-dealkylation sites (tertiary alicyclic amines) is 1. The average molecular weight is 459 g/mol.